The average Bonchev–Trinajstić information content (AvgIpc) is 3.42. The first-order valence-corrected chi connectivity index (χ1v) is 10.1. The highest BCUT2D eigenvalue weighted by Gasteiger charge is 2.47. The molecule has 2 aromatic carbocycles. The van der Waals surface area contributed by atoms with Gasteiger partial charge in [-0.3, -0.25) is 9.59 Å². The van der Waals surface area contributed by atoms with E-state index in [2.05, 4.69) is 0 Å². The van der Waals surface area contributed by atoms with Gasteiger partial charge in [-0.1, -0.05) is 23.8 Å². The molecule has 8 heteroatoms. The first-order valence-electron chi connectivity index (χ1n) is 10.1. The fraction of sp³-hybridized carbons (Fsp3) is 0.160. The molecule has 4 rings (SSSR count). The van der Waals surface area contributed by atoms with Crippen LogP contribution in [0.15, 0.2) is 70.9 Å². The maximum Gasteiger partial charge on any atom is 0.335 e. The van der Waals surface area contributed by atoms with Crippen LogP contribution in [0.2, 0.25) is 0 Å². The van der Waals surface area contributed by atoms with Gasteiger partial charge in [0, 0.05) is 6.54 Å². The van der Waals surface area contributed by atoms with E-state index in [-0.39, 0.29) is 29.0 Å². The van der Waals surface area contributed by atoms with Crippen molar-refractivity contribution in [3.05, 3.63) is 94.4 Å². The lowest BCUT2D eigenvalue weighted by Crippen LogP contribution is -2.29. The van der Waals surface area contributed by atoms with Gasteiger partial charge in [-0.2, -0.15) is 0 Å². The fourth-order valence-corrected chi connectivity index (χ4v) is 3.89. The summed E-state index contributed by atoms with van der Waals surface area (Å²) in [5, 5.41) is 20.3. The topological polar surface area (TPSA) is 117 Å². The smallest absolute Gasteiger partial charge is 0.335 e. The number of ketones is 1. The summed E-state index contributed by atoms with van der Waals surface area (Å²) < 4.78 is 10.9. The summed E-state index contributed by atoms with van der Waals surface area (Å²) in [5.41, 5.74) is 1.74. The van der Waals surface area contributed by atoms with E-state index in [0.717, 1.165) is 5.56 Å². The molecule has 0 aliphatic carbocycles. The number of Topliss-reactive ketones (excluding diaryl/α,β-unsaturated/α-hetero) is 1. The number of aliphatic hydroxyl groups is 1. The summed E-state index contributed by atoms with van der Waals surface area (Å²) in [6.45, 7) is 1.84. The molecule has 8 nitrogen and oxygen atoms in total. The maximum absolute atomic E-state index is 13.1. The molecule has 1 atom stereocenters. The van der Waals surface area contributed by atoms with Gasteiger partial charge < -0.3 is 24.3 Å². The van der Waals surface area contributed by atoms with Crippen LogP contribution in [0, 0.1) is 6.92 Å². The number of furan rings is 1. The molecule has 2 heterocycles. The zero-order valence-corrected chi connectivity index (χ0v) is 17.9. The van der Waals surface area contributed by atoms with E-state index in [0.29, 0.717) is 17.1 Å². The van der Waals surface area contributed by atoms with E-state index >= 15 is 0 Å². The number of amides is 1. The van der Waals surface area contributed by atoms with Crippen LogP contribution < -0.4 is 4.74 Å². The molecule has 2 N–H and O–H groups in total. The highest BCUT2D eigenvalue weighted by Crippen LogP contribution is 2.41. The number of hydrogen-bond acceptors (Lipinski definition) is 6. The van der Waals surface area contributed by atoms with Crippen LogP contribution in [0.3, 0.4) is 0 Å². The van der Waals surface area contributed by atoms with E-state index in [9.17, 15) is 19.5 Å². The molecule has 0 bridgehead atoms. The molecule has 33 heavy (non-hydrogen) atoms. The number of aryl methyl sites for hydroxylation is 1. The zero-order valence-electron chi connectivity index (χ0n) is 17.9. The molecule has 1 unspecified atom stereocenters. The third-order valence-electron chi connectivity index (χ3n) is 5.52. The summed E-state index contributed by atoms with van der Waals surface area (Å²) in [6, 6.07) is 13.4. The third kappa shape index (κ3) is 3.98. The monoisotopic (exact) mass is 447 g/mol. The molecular weight excluding hydrogens is 426 g/mol. The lowest BCUT2D eigenvalue weighted by Gasteiger charge is -2.23. The predicted octanol–water partition coefficient (Wildman–Crippen LogP) is 3.92. The normalized spacial score (nSPS) is 17.4. The van der Waals surface area contributed by atoms with E-state index in [1.807, 2.05) is 6.92 Å². The van der Waals surface area contributed by atoms with Crippen molar-refractivity contribution in [2.45, 2.75) is 19.5 Å². The van der Waals surface area contributed by atoms with Gasteiger partial charge in [-0.25, -0.2) is 4.79 Å². The molecule has 1 aliphatic rings. The van der Waals surface area contributed by atoms with Crippen molar-refractivity contribution >= 4 is 23.4 Å². The molecule has 0 radical (unpaired) electrons. The summed E-state index contributed by atoms with van der Waals surface area (Å²) in [4.78, 5) is 38.5. The molecule has 1 amide bonds. The number of aromatic carboxylic acids is 1. The van der Waals surface area contributed by atoms with Crippen LogP contribution in [-0.2, 0) is 16.1 Å². The second-order valence-electron chi connectivity index (χ2n) is 7.65. The first-order chi connectivity index (χ1) is 15.8. The Morgan fingerprint density at radius 1 is 1.09 bits per heavy atom. The number of likely N-dealkylation sites (tertiary alicyclic amines) is 1. The molecule has 1 saturated heterocycles. The van der Waals surface area contributed by atoms with Gasteiger partial charge in [0.1, 0.15) is 23.3 Å². The molecule has 168 valence electrons. The Morgan fingerprint density at radius 2 is 1.82 bits per heavy atom. The number of aliphatic hydroxyl groups excluding tert-OH is 1. The summed E-state index contributed by atoms with van der Waals surface area (Å²) >= 11 is 0. The third-order valence-corrected chi connectivity index (χ3v) is 5.52. The molecule has 1 fully saturated rings. The molecule has 3 aromatic rings. The van der Waals surface area contributed by atoms with Crippen molar-refractivity contribution < 1.29 is 33.8 Å². The number of carboxylic acid groups (broad SMARTS) is 1. The van der Waals surface area contributed by atoms with Crippen LogP contribution in [0.25, 0.3) is 5.76 Å². The van der Waals surface area contributed by atoms with Crippen molar-refractivity contribution in [1.82, 2.24) is 4.90 Å². The van der Waals surface area contributed by atoms with E-state index < -0.39 is 23.7 Å². The number of ether oxygens (including phenoxy) is 1. The minimum Gasteiger partial charge on any atom is -0.507 e. The Balaban J connectivity index is 1.82. The lowest BCUT2D eigenvalue weighted by molar-refractivity contribution is -0.140. The van der Waals surface area contributed by atoms with Crippen LogP contribution in [-0.4, -0.2) is 39.9 Å². The first kappa shape index (κ1) is 21.9. The second-order valence-corrected chi connectivity index (χ2v) is 7.65. The summed E-state index contributed by atoms with van der Waals surface area (Å²) in [7, 11) is 1.45. The van der Waals surface area contributed by atoms with Crippen LogP contribution in [0.4, 0.5) is 0 Å². The number of nitrogens with zero attached hydrogens (tertiary/aromatic N) is 1. The van der Waals surface area contributed by atoms with Crippen molar-refractivity contribution in [2.24, 2.45) is 0 Å². The molecular formula is C25H21NO7. The molecule has 0 saturated carbocycles. The Labute approximate surface area is 189 Å². The molecule has 1 aromatic heterocycles. The van der Waals surface area contributed by atoms with Crippen LogP contribution in [0.1, 0.15) is 38.9 Å². The van der Waals surface area contributed by atoms with Gasteiger partial charge >= 0.3 is 5.97 Å². The zero-order chi connectivity index (χ0) is 23.7. The predicted molar refractivity (Wildman–Crippen MR) is 118 cm³/mol. The molecule has 0 spiro atoms. The van der Waals surface area contributed by atoms with Gasteiger partial charge in [0.25, 0.3) is 11.7 Å². The summed E-state index contributed by atoms with van der Waals surface area (Å²) in [5.74, 6) is -2.41. The minimum absolute atomic E-state index is 0.0115. The minimum atomic E-state index is -1.07. The SMILES string of the molecule is COc1ccc(C)cc1/C(O)=C1/C(=O)C(=O)N(Cc2ccc(C(=O)O)cc2)C1c1ccco1. The average molecular weight is 447 g/mol. The number of carboxylic acids is 1. The Bertz CT molecular complexity index is 1260. The van der Waals surface area contributed by atoms with Crippen molar-refractivity contribution in [2.75, 3.05) is 7.11 Å². The van der Waals surface area contributed by atoms with Gasteiger partial charge in [0.15, 0.2) is 0 Å². The highest BCUT2D eigenvalue weighted by molar-refractivity contribution is 6.46. The van der Waals surface area contributed by atoms with Gasteiger partial charge in [-0.05, 0) is 48.9 Å². The van der Waals surface area contributed by atoms with Crippen LogP contribution in [0.5, 0.6) is 5.75 Å². The Morgan fingerprint density at radius 3 is 2.42 bits per heavy atom. The second kappa shape index (κ2) is 8.66. The lowest BCUT2D eigenvalue weighted by atomic mass is 9.97. The Hall–Kier alpha value is -4.33. The maximum atomic E-state index is 13.1. The standard InChI is InChI=1S/C25H21NO7/c1-14-5-10-18(32-2)17(12-14)22(27)20-21(19-4-3-11-33-19)26(24(29)23(20)28)13-15-6-8-16(9-7-15)25(30)31/h3-12,21,27H,13H2,1-2H3,(H,30,31)/b22-20-. The van der Waals surface area contributed by atoms with Crippen molar-refractivity contribution in [3.8, 4) is 5.75 Å². The number of methoxy groups -OCH3 is 1. The van der Waals surface area contributed by atoms with Gasteiger partial charge in [0.2, 0.25) is 0 Å². The van der Waals surface area contributed by atoms with Gasteiger partial charge in [0.05, 0.1) is 30.1 Å². The number of carbonyl (C=O) groups is 3. The largest absolute Gasteiger partial charge is 0.507 e. The fourth-order valence-electron chi connectivity index (χ4n) is 3.89. The number of carbonyl (C=O) groups excluding carboxylic acids is 2. The van der Waals surface area contributed by atoms with E-state index in [4.69, 9.17) is 14.3 Å². The van der Waals surface area contributed by atoms with E-state index in [1.165, 1.54) is 30.4 Å². The molecule has 1 aliphatic heterocycles. The quantitative estimate of drug-likeness (QED) is 0.334. The number of rotatable bonds is 6. The summed E-state index contributed by atoms with van der Waals surface area (Å²) in [6.07, 6.45) is 1.42. The van der Waals surface area contributed by atoms with Crippen LogP contribution >= 0.6 is 0 Å². The highest BCUT2D eigenvalue weighted by atomic mass is 16.5. The van der Waals surface area contributed by atoms with Gasteiger partial charge in [-0.15, -0.1) is 0 Å². The number of hydrogen-bond donors (Lipinski definition) is 2. The van der Waals surface area contributed by atoms with E-state index in [1.54, 1.807) is 42.5 Å². The van der Waals surface area contributed by atoms with Crippen molar-refractivity contribution in [3.63, 3.8) is 0 Å². The Kier molecular flexibility index (Phi) is 5.74. The van der Waals surface area contributed by atoms with Crippen molar-refractivity contribution in [1.29, 1.82) is 0 Å². The number of benzene rings is 2.